The molecule has 0 saturated carbocycles. The van der Waals surface area contributed by atoms with Gasteiger partial charge in [-0.25, -0.2) is 0 Å². The second-order valence-electron chi connectivity index (χ2n) is 3.90. The average molecular weight is 222 g/mol. The third kappa shape index (κ3) is 11.4. The molecule has 90 valence electrons. The fraction of sp³-hybridized carbons (Fsp3) is 0.769. The van der Waals surface area contributed by atoms with Crippen molar-refractivity contribution in [3.05, 3.63) is 12.2 Å². The van der Waals surface area contributed by atoms with E-state index in [1.165, 1.54) is 25.7 Å². The third-order valence-corrected chi connectivity index (χ3v) is 2.32. The molecule has 0 rings (SSSR count). The molecule has 3 heteroatoms. The van der Waals surface area contributed by atoms with E-state index < -0.39 is 0 Å². The standard InChI is InChI=1S/C13H23BO2/c1-2-3-4-5-6-7-8-12-16-13(15)10-9-11-14/h7-8H,2-6,9-12H2,1H3/b8-7-. The largest absolute Gasteiger partial charge is 0.461 e. The van der Waals surface area contributed by atoms with Crippen molar-refractivity contribution >= 4 is 13.8 Å². The molecule has 0 fully saturated rings. The Balaban J connectivity index is 3.23. The smallest absolute Gasteiger partial charge is 0.306 e. The van der Waals surface area contributed by atoms with Crippen molar-refractivity contribution in [1.29, 1.82) is 0 Å². The molecule has 0 aliphatic carbocycles. The van der Waals surface area contributed by atoms with Crippen LogP contribution in [0.1, 0.15) is 51.9 Å². The van der Waals surface area contributed by atoms with Crippen LogP contribution in [0.3, 0.4) is 0 Å². The van der Waals surface area contributed by atoms with Gasteiger partial charge in [-0.15, -0.1) is 0 Å². The van der Waals surface area contributed by atoms with Crippen molar-refractivity contribution < 1.29 is 9.53 Å². The molecule has 16 heavy (non-hydrogen) atoms. The fourth-order valence-corrected chi connectivity index (χ4v) is 1.33. The van der Waals surface area contributed by atoms with Crippen molar-refractivity contribution in [2.45, 2.75) is 58.2 Å². The van der Waals surface area contributed by atoms with Gasteiger partial charge in [-0.05, 0) is 12.8 Å². The number of hydrogen-bond donors (Lipinski definition) is 0. The summed E-state index contributed by atoms with van der Waals surface area (Å²) in [6, 6.07) is 0. The van der Waals surface area contributed by atoms with Crippen molar-refractivity contribution in [2.75, 3.05) is 6.61 Å². The number of ether oxygens (including phenoxy) is 1. The molecular weight excluding hydrogens is 199 g/mol. The Hall–Kier alpha value is -0.725. The Morgan fingerprint density at radius 3 is 2.69 bits per heavy atom. The van der Waals surface area contributed by atoms with E-state index in [1.807, 2.05) is 6.08 Å². The fourth-order valence-electron chi connectivity index (χ4n) is 1.33. The van der Waals surface area contributed by atoms with Gasteiger partial charge in [0.05, 0.1) is 7.85 Å². The van der Waals surface area contributed by atoms with Gasteiger partial charge in [-0.2, -0.15) is 0 Å². The molecule has 0 aliphatic rings. The molecule has 0 spiro atoms. The molecule has 0 unspecified atom stereocenters. The van der Waals surface area contributed by atoms with Crippen molar-refractivity contribution in [3.63, 3.8) is 0 Å². The Bertz CT molecular complexity index is 190. The second kappa shape index (κ2) is 12.3. The first-order valence-electron chi connectivity index (χ1n) is 6.32. The van der Waals surface area contributed by atoms with E-state index >= 15 is 0 Å². The molecule has 0 aliphatic heterocycles. The highest BCUT2D eigenvalue weighted by molar-refractivity contribution is 6.08. The molecule has 2 nitrogen and oxygen atoms in total. The number of hydrogen-bond acceptors (Lipinski definition) is 2. The maximum Gasteiger partial charge on any atom is 0.306 e. The predicted octanol–water partition coefficient (Wildman–Crippen LogP) is 3.42. The first kappa shape index (κ1) is 15.3. The minimum Gasteiger partial charge on any atom is -0.461 e. The monoisotopic (exact) mass is 222 g/mol. The van der Waals surface area contributed by atoms with Crippen molar-refractivity contribution in [3.8, 4) is 0 Å². The lowest BCUT2D eigenvalue weighted by atomic mass is 10.0. The minimum absolute atomic E-state index is 0.152. The molecule has 0 saturated heterocycles. The minimum atomic E-state index is -0.152. The topological polar surface area (TPSA) is 26.3 Å². The highest BCUT2D eigenvalue weighted by Gasteiger charge is 1.98. The van der Waals surface area contributed by atoms with Crippen LogP contribution in [-0.2, 0) is 9.53 Å². The molecule has 0 bridgehead atoms. The Kier molecular flexibility index (Phi) is 11.8. The number of unbranched alkanes of at least 4 members (excludes halogenated alkanes) is 4. The summed E-state index contributed by atoms with van der Waals surface area (Å²) in [5.41, 5.74) is 0. The SMILES string of the molecule is [B]CCCC(=O)OC/C=C\CCCCCC. The summed E-state index contributed by atoms with van der Waals surface area (Å²) in [6.07, 6.45) is 11.9. The summed E-state index contributed by atoms with van der Waals surface area (Å²) < 4.78 is 4.99. The van der Waals surface area contributed by atoms with Gasteiger partial charge in [0.2, 0.25) is 0 Å². The van der Waals surface area contributed by atoms with E-state index in [4.69, 9.17) is 12.6 Å². The van der Waals surface area contributed by atoms with E-state index in [0.29, 0.717) is 25.8 Å². The lowest BCUT2D eigenvalue weighted by Gasteiger charge is -2.00. The van der Waals surface area contributed by atoms with E-state index in [0.717, 1.165) is 6.42 Å². The van der Waals surface area contributed by atoms with Crippen LogP contribution in [0, 0.1) is 0 Å². The molecule has 0 atom stereocenters. The second-order valence-corrected chi connectivity index (χ2v) is 3.90. The van der Waals surface area contributed by atoms with Gasteiger partial charge < -0.3 is 4.74 Å². The lowest BCUT2D eigenvalue weighted by molar-refractivity contribution is -0.142. The van der Waals surface area contributed by atoms with Crippen LogP contribution in [0.25, 0.3) is 0 Å². The zero-order chi connectivity index (χ0) is 12.1. The van der Waals surface area contributed by atoms with Crippen LogP contribution < -0.4 is 0 Å². The van der Waals surface area contributed by atoms with Gasteiger partial charge in [0.1, 0.15) is 6.61 Å². The molecule has 0 aromatic heterocycles. The highest BCUT2D eigenvalue weighted by atomic mass is 16.5. The highest BCUT2D eigenvalue weighted by Crippen LogP contribution is 2.03. The summed E-state index contributed by atoms with van der Waals surface area (Å²) in [4.78, 5) is 11.1. The summed E-state index contributed by atoms with van der Waals surface area (Å²) in [5.74, 6) is -0.152. The van der Waals surface area contributed by atoms with E-state index in [-0.39, 0.29) is 5.97 Å². The number of carbonyl (C=O) groups excluding carboxylic acids is 1. The molecule has 0 N–H and O–H groups in total. The molecule has 2 radical (unpaired) electrons. The summed E-state index contributed by atoms with van der Waals surface area (Å²) in [5, 5.41) is 0. The molecule has 0 amide bonds. The zero-order valence-corrected chi connectivity index (χ0v) is 10.4. The van der Waals surface area contributed by atoms with Gasteiger partial charge in [-0.3, -0.25) is 4.79 Å². The van der Waals surface area contributed by atoms with Crippen LogP contribution in [-0.4, -0.2) is 20.4 Å². The number of esters is 1. The van der Waals surface area contributed by atoms with Gasteiger partial charge in [0.15, 0.2) is 0 Å². The quantitative estimate of drug-likeness (QED) is 0.245. The van der Waals surface area contributed by atoms with Crippen LogP contribution in [0.5, 0.6) is 0 Å². The number of allylic oxidation sites excluding steroid dienone is 1. The number of carbonyl (C=O) groups is 1. The summed E-state index contributed by atoms with van der Waals surface area (Å²) >= 11 is 0. The summed E-state index contributed by atoms with van der Waals surface area (Å²) in [7, 11) is 5.29. The van der Waals surface area contributed by atoms with E-state index in [1.54, 1.807) is 0 Å². The molecule has 0 aromatic carbocycles. The van der Waals surface area contributed by atoms with Gasteiger partial charge in [0.25, 0.3) is 0 Å². The molecular formula is C13H23BO2. The number of rotatable bonds is 10. The third-order valence-electron chi connectivity index (χ3n) is 2.32. The lowest BCUT2D eigenvalue weighted by Crippen LogP contribution is -2.03. The predicted molar refractivity (Wildman–Crippen MR) is 68.7 cm³/mol. The van der Waals surface area contributed by atoms with Crippen LogP contribution in [0.4, 0.5) is 0 Å². The van der Waals surface area contributed by atoms with Crippen LogP contribution >= 0.6 is 0 Å². The first-order valence-corrected chi connectivity index (χ1v) is 6.32. The van der Waals surface area contributed by atoms with Gasteiger partial charge in [-0.1, -0.05) is 51.1 Å². The Morgan fingerprint density at radius 2 is 2.00 bits per heavy atom. The van der Waals surface area contributed by atoms with Crippen molar-refractivity contribution in [2.24, 2.45) is 0 Å². The zero-order valence-electron chi connectivity index (χ0n) is 10.4. The van der Waals surface area contributed by atoms with E-state index in [2.05, 4.69) is 13.0 Å². The van der Waals surface area contributed by atoms with Gasteiger partial charge in [0, 0.05) is 6.42 Å². The first-order chi connectivity index (χ1) is 7.81. The van der Waals surface area contributed by atoms with Gasteiger partial charge >= 0.3 is 5.97 Å². The van der Waals surface area contributed by atoms with E-state index in [9.17, 15) is 4.79 Å². The van der Waals surface area contributed by atoms with Crippen molar-refractivity contribution in [1.82, 2.24) is 0 Å². The normalized spacial score (nSPS) is 10.8. The molecule has 0 heterocycles. The average Bonchev–Trinajstić information content (AvgIpc) is 2.30. The maximum absolute atomic E-state index is 11.1. The summed E-state index contributed by atoms with van der Waals surface area (Å²) in [6.45, 7) is 2.60. The van der Waals surface area contributed by atoms with Crippen LogP contribution in [0.2, 0.25) is 6.32 Å². The maximum atomic E-state index is 11.1. The Morgan fingerprint density at radius 1 is 1.19 bits per heavy atom. The Labute approximate surface area is 101 Å². The molecule has 0 aromatic rings. The van der Waals surface area contributed by atoms with Crippen LogP contribution in [0.15, 0.2) is 12.2 Å².